The summed E-state index contributed by atoms with van der Waals surface area (Å²) < 4.78 is 5.41. The summed E-state index contributed by atoms with van der Waals surface area (Å²) in [5.74, 6) is -0.351. The lowest BCUT2D eigenvalue weighted by molar-refractivity contribution is -0.149. The molecule has 2 atom stereocenters. The highest BCUT2D eigenvalue weighted by Gasteiger charge is 2.55. The Hall–Kier alpha value is -2.57. The van der Waals surface area contributed by atoms with Crippen molar-refractivity contribution in [3.63, 3.8) is 0 Å². The van der Waals surface area contributed by atoms with Crippen LogP contribution in [-0.2, 0) is 14.4 Å². The molecule has 1 aliphatic carbocycles. The van der Waals surface area contributed by atoms with Gasteiger partial charge in [0, 0.05) is 26.1 Å². The molecule has 2 fully saturated rings. The first kappa shape index (κ1) is 16.9. The fraction of sp³-hybridized carbons (Fsp3) is 0.526. The lowest BCUT2D eigenvalue weighted by Crippen LogP contribution is -2.42. The second kappa shape index (κ2) is 6.30. The van der Waals surface area contributed by atoms with Gasteiger partial charge in [-0.15, -0.1) is 0 Å². The molecule has 138 valence electrons. The molecule has 1 saturated carbocycles. The zero-order chi connectivity index (χ0) is 18.3. The van der Waals surface area contributed by atoms with Gasteiger partial charge in [0.15, 0.2) is 6.61 Å². The van der Waals surface area contributed by atoms with E-state index in [2.05, 4.69) is 0 Å². The number of likely N-dealkylation sites (tertiary alicyclic amines) is 1. The highest BCUT2D eigenvalue weighted by atomic mass is 16.5. The smallest absolute Gasteiger partial charge is 0.311 e. The predicted octanol–water partition coefficient (Wildman–Crippen LogP) is 1.52. The van der Waals surface area contributed by atoms with Crippen LogP contribution in [0.4, 0.5) is 5.69 Å². The molecule has 1 aromatic rings. The van der Waals surface area contributed by atoms with Crippen molar-refractivity contribution in [1.82, 2.24) is 4.90 Å². The Morgan fingerprint density at radius 2 is 2.12 bits per heavy atom. The number of ether oxygens (including phenoxy) is 1. The zero-order valence-corrected chi connectivity index (χ0v) is 14.5. The van der Waals surface area contributed by atoms with Crippen LogP contribution in [0.15, 0.2) is 24.3 Å². The SMILES string of the molecule is O=C(CCN1C(=O)COc2ccccc21)N1C[C@@H]2CCC[C@@]2(C(=O)O)C1. The Kier molecular flexibility index (Phi) is 4.09. The lowest BCUT2D eigenvalue weighted by atomic mass is 9.81. The van der Waals surface area contributed by atoms with E-state index in [4.69, 9.17) is 4.74 Å². The lowest BCUT2D eigenvalue weighted by Gasteiger charge is -2.29. The Labute approximate surface area is 151 Å². The number of hydrogen-bond donors (Lipinski definition) is 1. The van der Waals surface area contributed by atoms with E-state index in [0.29, 0.717) is 30.9 Å². The average molecular weight is 358 g/mol. The van der Waals surface area contributed by atoms with Crippen LogP contribution in [0, 0.1) is 11.3 Å². The van der Waals surface area contributed by atoms with Crippen molar-refractivity contribution in [1.29, 1.82) is 0 Å². The zero-order valence-electron chi connectivity index (χ0n) is 14.5. The number of benzene rings is 1. The number of amides is 2. The minimum Gasteiger partial charge on any atom is -0.482 e. The van der Waals surface area contributed by atoms with Gasteiger partial charge < -0.3 is 19.6 Å². The van der Waals surface area contributed by atoms with E-state index in [1.807, 2.05) is 12.1 Å². The number of anilines is 1. The van der Waals surface area contributed by atoms with E-state index >= 15 is 0 Å². The van der Waals surface area contributed by atoms with Gasteiger partial charge in [-0.25, -0.2) is 0 Å². The number of para-hydroxylation sites is 2. The first-order valence-electron chi connectivity index (χ1n) is 9.05. The third-order valence-electron chi connectivity index (χ3n) is 6.01. The molecule has 0 unspecified atom stereocenters. The van der Waals surface area contributed by atoms with E-state index < -0.39 is 11.4 Å². The third kappa shape index (κ3) is 2.62. The summed E-state index contributed by atoms with van der Waals surface area (Å²) >= 11 is 0. The third-order valence-corrected chi connectivity index (χ3v) is 6.01. The van der Waals surface area contributed by atoms with Gasteiger partial charge in [-0.1, -0.05) is 18.6 Å². The van der Waals surface area contributed by atoms with Crippen molar-refractivity contribution in [2.45, 2.75) is 25.7 Å². The molecule has 1 saturated heterocycles. The van der Waals surface area contributed by atoms with Crippen LogP contribution in [0.1, 0.15) is 25.7 Å². The number of nitrogens with zero attached hydrogens (tertiary/aromatic N) is 2. The van der Waals surface area contributed by atoms with Gasteiger partial charge in [-0.3, -0.25) is 14.4 Å². The maximum absolute atomic E-state index is 12.7. The molecule has 1 N–H and O–H groups in total. The Morgan fingerprint density at radius 1 is 1.31 bits per heavy atom. The van der Waals surface area contributed by atoms with Gasteiger partial charge >= 0.3 is 5.97 Å². The summed E-state index contributed by atoms with van der Waals surface area (Å²) in [6.07, 6.45) is 2.61. The largest absolute Gasteiger partial charge is 0.482 e. The number of fused-ring (bicyclic) bond motifs is 2. The first-order chi connectivity index (χ1) is 12.5. The van der Waals surface area contributed by atoms with Crippen LogP contribution in [0.5, 0.6) is 5.75 Å². The van der Waals surface area contributed by atoms with Gasteiger partial charge in [0.2, 0.25) is 5.91 Å². The first-order valence-corrected chi connectivity index (χ1v) is 9.05. The maximum Gasteiger partial charge on any atom is 0.311 e. The van der Waals surface area contributed by atoms with Crippen molar-refractivity contribution < 1.29 is 24.2 Å². The number of hydrogen-bond acceptors (Lipinski definition) is 4. The summed E-state index contributed by atoms with van der Waals surface area (Å²) in [5.41, 5.74) is -0.0892. The Bertz CT molecular complexity index is 764. The van der Waals surface area contributed by atoms with Gasteiger partial charge in [-0.05, 0) is 30.9 Å². The molecule has 26 heavy (non-hydrogen) atoms. The van der Waals surface area contributed by atoms with Crippen molar-refractivity contribution in [3.05, 3.63) is 24.3 Å². The summed E-state index contributed by atoms with van der Waals surface area (Å²) in [6.45, 7) is 1.05. The molecular formula is C19H22N2O5. The molecule has 2 heterocycles. The van der Waals surface area contributed by atoms with Crippen molar-refractivity contribution in [2.75, 3.05) is 31.1 Å². The molecule has 0 bridgehead atoms. The van der Waals surface area contributed by atoms with Gasteiger partial charge in [0.25, 0.3) is 5.91 Å². The van der Waals surface area contributed by atoms with Crippen LogP contribution in [-0.4, -0.2) is 54.0 Å². The molecular weight excluding hydrogens is 336 g/mol. The molecule has 0 spiro atoms. The van der Waals surface area contributed by atoms with Gasteiger partial charge in [-0.2, -0.15) is 0 Å². The van der Waals surface area contributed by atoms with Crippen LogP contribution < -0.4 is 9.64 Å². The molecule has 2 aliphatic heterocycles. The fourth-order valence-electron chi connectivity index (χ4n) is 4.59. The monoisotopic (exact) mass is 358 g/mol. The highest BCUT2D eigenvalue weighted by Crippen LogP contribution is 2.49. The molecule has 2 amide bonds. The van der Waals surface area contributed by atoms with E-state index in [1.165, 1.54) is 0 Å². The number of carboxylic acids is 1. The van der Waals surface area contributed by atoms with Crippen LogP contribution in [0.2, 0.25) is 0 Å². The van der Waals surface area contributed by atoms with E-state index in [9.17, 15) is 19.5 Å². The standard InChI is InChI=1S/C19H22N2O5/c22-16(20-10-13-4-3-8-19(13,12-20)18(24)25)7-9-21-14-5-1-2-6-15(14)26-11-17(21)23/h1-2,5-6,13H,3-4,7-12H2,(H,24,25)/t13-,19+/m0/s1. The molecule has 7 nitrogen and oxygen atoms in total. The number of carbonyl (C=O) groups is 3. The molecule has 7 heteroatoms. The molecule has 1 aromatic carbocycles. The number of aliphatic carboxylic acids is 1. The van der Waals surface area contributed by atoms with E-state index in [-0.39, 0.29) is 37.3 Å². The quantitative estimate of drug-likeness (QED) is 0.882. The minimum absolute atomic E-state index is 0.0287. The number of rotatable bonds is 4. The summed E-state index contributed by atoms with van der Waals surface area (Å²) in [7, 11) is 0. The normalized spacial score (nSPS) is 27.1. The average Bonchev–Trinajstić information content (AvgIpc) is 3.19. The predicted molar refractivity (Wildman–Crippen MR) is 92.9 cm³/mol. The Balaban J connectivity index is 1.42. The maximum atomic E-state index is 12.7. The highest BCUT2D eigenvalue weighted by molar-refractivity contribution is 5.98. The van der Waals surface area contributed by atoms with Gasteiger partial charge in [0.05, 0.1) is 11.1 Å². The van der Waals surface area contributed by atoms with Crippen LogP contribution in [0.3, 0.4) is 0 Å². The fourth-order valence-corrected chi connectivity index (χ4v) is 4.59. The van der Waals surface area contributed by atoms with Crippen LogP contribution >= 0.6 is 0 Å². The molecule has 0 radical (unpaired) electrons. The Morgan fingerprint density at radius 3 is 2.88 bits per heavy atom. The van der Waals surface area contributed by atoms with E-state index in [1.54, 1.807) is 21.9 Å². The summed E-state index contributed by atoms with van der Waals surface area (Å²) in [4.78, 5) is 39.9. The summed E-state index contributed by atoms with van der Waals surface area (Å²) in [5, 5.41) is 9.65. The van der Waals surface area contributed by atoms with Crippen molar-refractivity contribution in [2.24, 2.45) is 11.3 Å². The van der Waals surface area contributed by atoms with Crippen LogP contribution in [0.25, 0.3) is 0 Å². The van der Waals surface area contributed by atoms with E-state index in [0.717, 1.165) is 12.8 Å². The molecule has 0 aromatic heterocycles. The van der Waals surface area contributed by atoms with Crippen molar-refractivity contribution in [3.8, 4) is 5.75 Å². The molecule has 3 aliphatic rings. The number of carboxylic acid groups (broad SMARTS) is 1. The molecule has 4 rings (SSSR count). The summed E-state index contributed by atoms with van der Waals surface area (Å²) in [6, 6.07) is 7.27. The second-order valence-electron chi connectivity index (χ2n) is 7.38. The topological polar surface area (TPSA) is 87.2 Å². The van der Waals surface area contributed by atoms with Gasteiger partial charge in [0.1, 0.15) is 5.75 Å². The second-order valence-corrected chi connectivity index (χ2v) is 7.38. The number of carbonyl (C=O) groups excluding carboxylic acids is 2. The minimum atomic E-state index is -0.785. The van der Waals surface area contributed by atoms with Crippen molar-refractivity contribution >= 4 is 23.5 Å².